The SMILES string of the molecule is CC.COc1c(C#N)c(F)cc2cc(N)cc(C(C)C)c12. The molecule has 0 bridgehead atoms. The largest absolute Gasteiger partial charge is 0.495 e. The summed E-state index contributed by atoms with van der Waals surface area (Å²) in [6.45, 7) is 8.03. The van der Waals surface area contributed by atoms with E-state index >= 15 is 0 Å². The van der Waals surface area contributed by atoms with Gasteiger partial charge in [-0.05, 0) is 35.1 Å². The maximum Gasteiger partial charge on any atom is 0.147 e. The molecule has 0 aliphatic carbocycles. The van der Waals surface area contributed by atoms with Gasteiger partial charge in [-0.2, -0.15) is 5.26 Å². The number of fused-ring (bicyclic) bond motifs is 1. The Morgan fingerprint density at radius 2 is 1.86 bits per heavy atom. The van der Waals surface area contributed by atoms with E-state index < -0.39 is 5.82 Å². The number of halogens is 1. The lowest BCUT2D eigenvalue weighted by Crippen LogP contribution is -2.00. The van der Waals surface area contributed by atoms with Crippen molar-refractivity contribution in [2.75, 3.05) is 12.8 Å². The highest BCUT2D eigenvalue weighted by Crippen LogP contribution is 2.38. The van der Waals surface area contributed by atoms with E-state index in [4.69, 9.17) is 15.7 Å². The summed E-state index contributed by atoms with van der Waals surface area (Å²) in [6, 6.07) is 6.72. The number of rotatable bonds is 2. The number of nitrogens with two attached hydrogens (primary N) is 1. The lowest BCUT2D eigenvalue weighted by Gasteiger charge is -2.16. The third kappa shape index (κ3) is 3.08. The monoisotopic (exact) mass is 288 g/mol. The van der Waals surface area contributed by atoms with Crippen LogP contribution in [0.25, 0.3) is 10.8 Å². The van der Waals surface area contributed by atoms with Crippen LogP contribution in [0, 0.1) is 17.1 Å². The van der Waals surface area contributed by atoms with Crippen molar-refractivity contribution in [1.29, 1.82) is 5.26 Å². The van der Waals surface area contributed by atoms with Gasteiger partial charge in [0, 0.05) is 11.1 Å². The lowest BCUT2D eigenvalue weighted by atomic mass is 9.93. The van der Waals surface area contributed by atoms with Gasteiger partial charge in [-0.25, -0.2) is 4.39 Å². The van der Waals surface area contributed by atoms with E-state index in [0.717, 1.165) is 10.9 Å². The molecule has 2 aromatic carbocycles. The molecule has 0 spiro atoms. The number of nitriles is 1. The van der Waals surface area contributed by atoms with Crippen LogP contribution in [0.1, 0.15) is 44.7 Å². The van der Waals surface area contributed by atoms with E-state index in [1.807, 2.05) is 39.8 Å². The van der Waals surface area contributed by atoms with E-state index in [1.165, 1.54) is 13.2 Å². The number of benzene rings is 2. The standard InChI is InChI=1S/C15H15FN2O.C2H6/c1-8(2)11-6-10(18)4-9-5-13(16)12(7-17)15(19-3)14(9)11;1-2/h4-6,8H,18H2,1-3H3;1-2H3. The molecule has 0 unspecified atom stereocenters. The number of hydrogen-bond acceptors (Lipinski definition) is 3. The number of ether oxygens (including phenoxy) is 1. The molecule has 0 aromatic heterocycles. The van der Waals surface area contributed by atoms with E-state index in [2.05, 4.69) is 0 Å². The molecule has 0 aliphatic rings. The second-order valence-corrected chi connectivity index (χ2v) is 4.74. The van der Waals surface area contributed by atoms with Gasteiger partial charge in [0.2, 0.25) is 0 Å². The predicted molar refractivity (Wildman–Crippen MR) is 85.0 cm³/mol. The molecule has 0 saturated heterocycles. The van der Waals surface area contributed by atoms with Gasteiger partial charge in [-0.3, -0.25) is 0 Å². The predicted octanol–water partition coefficient (Wildman–Crippen LogP) is 4.59. The van der Waals surface area contributed by atoms with Crippen molar-refractivity contribution in [3.63, 3.8) is 0 Å². The van der Waals surface area contributed by atoms with E-state index in [0.29, 0.717) is 11.1 Å². The van der Waals surface area contributed by atoms with Crippen molar-refractivity contribution in [3.8, 4) is 11.8 Å². The van der Waals surface area contributed by atoms with Crippen LogP contribution in [0.5, 0.6) is 5.75 Å². The summed E-state index contributed by atoms with van der Waals surface area (Å²) in [5.74, 6) is -0.120. The Morgan fingerprint density at radius 1 is 1.24 bits per heavy atom. The topological polar surface area (TPSA) is 59.0 Å². The summed E-state index contributed by atoms with van der Waals surface area (Å²) >= 11 is 0. The van der Waals surface area contributed by atoms with Crippen molar-refractivity contribution in [2.24, 2.45) is 0 Å². The fourth-order valence-electron chi connectivity index (χ4n) is 2.29. The van der Waals surface area contributed by atoms with Gasteiger partial charge in [0.15, 0.2) is 0 Å². The third-order valence-electron chi connectivity index (χ3n) is 3.13. The lowest BCUT2D eigenvalue weighted by molar-refractivity contribution is 0.414. The van der Waals surface area contributed by atoms with Crippen LogP contribution in [-0.2, 0) is 0 Å². The van der Waals surface area contributed by atoms with Gasteiger partial charge in [0.1, 0.15) is 23.2 Å². The first-order chi connectivity index (χ1) is 9.99. The highest BCUT2D eigenvalue weighted by molar-refractivity contribution is 5.96. The molecule has 4 heteroatoms. The quantitative estimate of drug-likeness (QED) is 0.822. The zero-order valence-corrected chi connectivity index (χ0v) is 13.1. The number of methoxy groups -OCH3 is 1. The number of hydrogen-bond donors (Lipinski definition) is 1. The molecule has 3 nitrogen and oxygen atoms in total. The van der Waals surface area contributed by atoms with Gasteiger partial charge in [0.25, 0.3) is 0 Å². The Hall–Kier alpha value is -2.28. The van der Waals surface area contributed by atoms with Crippen LogP contribution in [0.4, 0.5) is 10.1 Å². The van der Waals surface area contributed by atoms with Crippen molar-refractivity contribution in [2.45, 2.75) is 33.6 Å². The minimum absolute atomic E-state index is 0.0679. The fraction of sp³-hybridized carbons (Fsp3) is 0.353. The number of nitrogen functional groups attached to an aromatic ring is 1. The summed E-state index contributed by atoms with van der Waals surface area (Å²) in [4.78, 5) is 0. The molecule has 2 rings (SSSR count). The first-order valence-corrected chi connectivity index (χ1v) is 6.99. The second-order valence-electron chi connectivity index (χ2n) is 4.74. The fourth-order valence-corrected chi connectivity index (χ4v) is 2.29. The number of anilines is 1. The van der Waals surface area contributed by atoms with Crippen LogP contribution in [-0.4, -0.2) is 7.11 Å². The van der Waals surface area contributed by atoms with Crippen LogP contribution in [0.3, 0.4) is 0 Å². The summed E-state index contributed by atoms with van der Waals surface area (Å²) < 4.78 is 19.1. The zero-order chi connectivity index (χ0) is 16.2. The molecule has 2 N–H and O–H groups in total. The maximum absolute atomic E-state index is 13.9. The summed E-state index contributed by atoms with van der Waals surface area (Å²) in [5, 5.41) is 10.5. The Balaban J connectivity index is 0.00000106. The maximum atomic E-state index is 13.9. The van der Waals surface area contributed by atoms with E-state index in [1.54, 1.807) is 6.07 Å². The van der Waals surface area contributed by atoms with Gasteiger partial charge in [-0.15, -0.1) is 0 Å². The summed E-state index contributed by atoms with van der Waals surface area (Å²) in [7, 11) is 1.44. The molecular formula is C17H21FN2O. The average molecular weight is 288 g/mol. The van der Waals surface area contributed by atoms with Crippen LogP contribution in [0.2, 0.25) is 0 Å². The molecule has 2 aromatic rings. The van der Waals surface area contributed by atoms with Crippen LogP contribution < -0.4 is 10.5 Å². The summed E-state index contributed by atoms with van der Waals surface area (Å²) in [6.07, 6.45) is 0. The van der Waals surface area contributed by atoms with Crippen molar-refractivity contribution in [1.82, 2.24) is 0 Å². The van der Waals surface area contributed by atoms with Crippen molar-refractivity contribution < 1.29 is 9.13 Å². The normalized spacial score (nSPS) is 10.0. The Labute approximate surface area is 125 Å². The van der Waals surface area contributed by atoms with Crippen LogP contribution >= 0.6 is 0 Å². The molecule has 0 saturated carbocycles. The van der Waals surface area contributed by atoms with Crippen molar-refractivity contribution >= 4 is 16.5 Å². The first-order valence-electron chi connectivity index (χ1n) is 6.99. The Bertz CT molecular complexity index is 687. The molecule has 0 heterocycles. The van der Waals surface area contributed by atoms with Crippen molar-refractivity contribution in [3.05, 3.63) is 35.1 Å². The highest BCUT2D eigenvalue weighted by atomic mass is 19.1. The van der Waals surface area contributed by atoms with E-state index in [-0.39, 0.29) is 17.2 Å². The molecular weight excluding hydrogens is 267 g/mol. The average Bonchev–Trinajstić information content (AvgIpc) is 2.46. The minimum Gasteiger partial charge on any atom is -0.495 e. The number of nitrogens with zero attached hydrogens (tertiary/aromatic N) is 1. The third-order valence-corrected chi connectivity index (χ3v) is 3.13. The minimum atomic E-state index is -0.591. The second kappa shape index (κ2) is 6.94. The van der Waals surface area contributed by atoms with Gasteiger partial charge in [-0.1, -0.05) is 27.7 Å². The van der Waals surface area contributed by atoms with Crippen LogP contribution in [0.15, 0.2) is 18.2 Å². The molecule has 21 heavy (non-hydrogen) atoms. The molecule has 0 amide bonds. The van der Waals surface area contributed by atoms with E-state index in [9.17, 15) is 4.39 Å². The highest BCUT2D eigenvalue weighted by Gasteiger charge is 2.18. The first kappa shape index (κ1) is 16.8. The smallest absolute Gasteiger partial charge is 0.147 e. The van der Waals surface area contributed by atoms with Gasteiger partial charge >= 0.3 is 0 Å². The molecule has 0 aliphatic heterocycles. The zero-order valence-electron chi connectivity index (χ0n) is 13.1. The van der Waals surface area contributed by atoms with Gasteiger partial charge in [0.05, 0.1) is 7.11 Å². The molecule has 0 radical (unpaired) electrons. The Morgan fingerprint density at radius 3 is 2.33 bits per heavy atom. The molecule has 0 fully saturated rings. The molecule has 0 atom stereocenters. The summed E-state index contributed by atoms with van der Waals surface area (Å²) in [5.41, 5.74) is 7.30. The van der Waals surface area contributed by atoms with Gasteiger partial charge < -0.3 is 10.5 Å². The molecule has 112 valence electrons. The Kier molecular flexibility index (Phi) is 5.54.